The largest absolute Gasteiger partial charge is 0.357 e. The van der Waals surface area contributed by atoms with E-state index in [1.54, 1.807) is 11.3 Å². The van der Waals surface area contributed by atoms with Gasteiger partial charge in [0.15, 0.2) is 5.96 Å². The van der Waals surface area contributed by atoms with Crippen molar-refractivity contribution in [2.24, 2.45) is 4.99 Å². The highest BCUT2D eigenvalue weighted by molar-refractivity contribution is 14.0. The molecule has 0 aromatic carbocycles. The van der Waals surface area contributed by atoms with Gasteiger partial charge in [0.05, 0.1) is 12.6 Å². The van der Waals surface area contributed by atoms with Crippen molar-refractivity contribution < 1.29 is 0 Å². The third kappa shape index (κ3) is 7.77. The maximum absolute atomic E-state index is 5.82. The van der Waals surface area contributed by atoms with E-state index in [1.807, 2.05) is 18.3 Å². The molecule has 26 heavy (non-hydrogen) atoms. The molecule has 0 bridgehead atoms. The lowest BCUT2D eigenvalue weighted by atomic mass is 10.2. The van der Waals surface area contributed by atoms with Gasteiger partial charge in [-0.3, -0.25) is 4.99 Å². The molecule has 0 aliphatic carbocycles. The van der Waals surface area contributed by atoms with Gasteiger partial charge in [0, 0.05) is 24.2 Å². The lowest BCUT2D eigenvalue weighted by Gasteiger charge is -2.22. The minimum absolute atomic E-state index is 0. The first-order valence-electron chi connectivity index (χ1n) is 8.42. The third-order valence-corrected chi connectivity index (χ3v) is 4.95. The van der Waals surface area contributed by atoms with Crippen LogP contribution in [0.1, 0.15) is 23.4 Å². The fourth-order valence-electron chi connectivity index (χ4n) is 2.39. The average Bonchev–Trinajstić information content (AvgIpc) is 3.10. The molecule has 0 aliphatic rings. The third-order valence-electron chi connectivity index (χ3n) is 3.76. The minimum atomic E-state index is 0. The van der Waals surface area contributed by atoms with Crippen LogP contribution in [0.25, 0.3) is 0 Å². The van der Waals surface area contributed by atoms with Gasteiger partial charge in [0.25, 0.3) is 0 Å². The molecule has 0 saturated heterocycles. The lowest BCUT2D eigenvalue weighted by Crippen LogP contribution is -2.39. The van der Waals surface area contributed by atoms with Gasteiger partial charge in [-0.2, -0.15) is 0 Å². The first-order chi connectivity index (χ1) is 12.1. The number of rotatable bonds is 8. The van der Waals surface area contributed by atoms with Crippen LogP contribution in [-0.4, -0.2) is 49.6 Å². The van der Waals surface area contributed by atoms with E-state index in [-0.39, 0.29) is 30.0 Å². The van der Waals surface area contributed by atoms with Gasteiger partial charge in [-0.1, -0.05) is 23.7 Å². The maximum Gasteiger partial charge on any atom is 0.191 e. The summed E-state index contributed by atoms with van der Waals surface area (Å²) in [5.41, 5.74) is 1.15. The standard InChI is InChI=1S/C18H26ClN5S.HI/c1-4-20-18(21-10-9-14-7-8-17(19)22-12-14)23-13-15(24(2)3)16-6-5-11-25-16;/h5-8,11-12,15H,4,9-10,13H2,1-3H3,(H2,20,21,23);1H. The van der Waals surface area contributed by atoms with E-state index < -0.39 is 0 Å². The molecule has 0 saturated carbocycles. The lowest BCUT2D eigenvalue weighted by molar-refractivity contribution is 0.310. The van der Waals surface area contributed by atoms with Gasteiger partial charge in [-0.25, -0.2) is 4.98 Å². The number of likely N-dealkylation sites (N-methyl/N-ethyl adjacent to an activating group) is 1. The summed E-state index contributed by atoms with van der Waals surface area (Å²) in [6, 6.07) is 8.36. The van der Waals surface area contributed by atoms with E-state index in [9.17, 15) is 0 Å². The second-order valence-corrected chi connectivity index (χ2v) is 7.25. The van der Waals surface area contributed by atoms with E-state index >= 15 is 0 Å². The number of hydrogen-bond acceptors (Lipinski definition) is 4. The second kappa shape index (κ2) is 12.5. The second-order valence-electron chi connectivity index (χ2n) is 5.88. The zero-order chi connectivity index (χ0) is 18.1. The summed E-state index contributed by atoms with van der Waals surface area (Å²) in [5.74, 6) is 0.841. The number of aliphatic imine (C=N–C) groups is 1. The van der Waals surface area contributed by atoms with E-state index in [0.29, 0.717) is 11.7 Å². The topological polar surface area (TPSA) is 52.6 Å². The van der Waals surface area contributed by atoms with E-state index in [1.165, 1.54) is 4.88 Å². The van der Waals surface area contributed by atoms with Gasteiger partial charge >= 0.3 is 0 Å². The summed E-state index contributed by atoms with van der Waals surface area (Å²) >= 11 is 7.59. The predicted molar refractivity (Wildman–Crippen MR) is 123 cm³/mol. The van der Waals surface area contributed by atoms with Crippen LogP contribution >= 0.6 is 46.9 Å². The van der Waals surface area contributed by atoms with Crippen LogP contribution in [0.5, 0.6) is 0 Å². The Balaban J connectivity index is 0.00000338. The molecule has 5 nitrogen and oxygen atoms in total. The highest BCUT2D eigenvalue weighted by Gasteiger charge is 2.14. The molecule has 0 fully saturated rings. The quantitative estimate of drug-likeness (QED) is 0.247. The van der Waals surface area contributed by atoms with Crippen LogP contribution in [0.4, 0.5) is 0 Å². The fraction of sp³-hybridized carbons (Fsp3) is 0.444. The van der Waals surface area contributed by atoms with Gasteiger partial charge in [-0.05, 0) is 50.5 Å². The molecule has 0 aliphatic heterocycles. The van der Waals surface area contributed by atoms with Gasteiger partial charge < -0.3 is 15.5 Å². The molecule has 2 heterocycles. The van der Waals surface area contributed by atoms with Crippen LogP contribution in [0.2, 0.25) is 5.15 Å². The molecule has 144 valence electrons. The highest BCUT2D eigenvalue weighted by atomic mass is 127. The van der Waals surface area contributed by atoms with Gasteiger partial charge in [-0.15, -0.1) is 35.3 Å². The van der Waals surface area contributed by atoms with E-state index in [4.69, 9.17) is 16.6 Å². The molecule has 2 rings (SSSR count). The summed E-state index contributed by atoms with van der Waals surface area (Å²) in [6.45, 7) is 4.41. The molecule has 8 heteroatoms. The molecule has 2 aromatic heterocycles. The number of pyridine rings is 1. The smallest absolute Gasteiger partial charge is 0.191 e. The van der Waals surface area contributed by atoms with Crippen molar-refractivity contribution in [3.8, 4) is 0 Å². The predicted octanol–water partition coefficient (Wildman–Crippen LogP) is 3.82. The van der Waals surface area contributed by atoms with Crippen LogP contribution in [-0.2, 0) is 6.42 Å². The van der Waals surface area contributed by atoms with Crippen molar-refractivity contribution in [3.63, 3.8) is 0 Å². The molecule has 1 unspecified atom stereocenters. The molecule has 2 N–H and O–H groups in total. The summed E-state index contributed by atoms with van der Waals surface area (Å²) in [6.07, 6.45) is 2.68. The number of thiophene rings is 1. The number of halogens is 2. The Kier molecular flexibility index (Phi) is 11.1. The number of hydrogen-bond donors (Lipinski definition) is 2. The molecular formula is C18H27ClIN5S. The monoisotopic (exact) mass is 507 g/mol. The SMILES string of the molecule is CCNC(=NCC(c1cccs1)N(C)C)NCCc1ccc(Cl)nc1.I. The fourth-order valence-corrected chi connectivity index (χ4v) is 3.41. The highest BCUT2D eigenvalue weighted by Crippen LogP contribution is 2.23. The number of nitrogens with one attached hydrogen (secondary N) is 2. The Morgan fingerprint density at radius 3 is 2.69 bits per heavy atom. The summed E-state index contributed by atoms with van der Waals surface area (Å²) in [7, 11) is 4.18. The van der Waals surface area contributed by atoms with Crippen molar-refractivity contribution in [1.29, 1.82) is 0 Å². The Morgan fingerprint density at radius 1 is 1.31 bits per heavy atom. The van der Waals surface area contributed by atoms with Crippen LogP contribution in [0.3, 0.4) is 0 Å². The van der Waals surface area contributed by atoms with Crippen LogP contribution in [0, 0.1) is 0 Å². The van der Waals surface area contributed by atoms with Crippen molar-refractivity contribution in [2.75, 3.05) is 33.7 Å². The number of aromatic nitrogens is 1. The van der Waals surface area contributed by atoms with Crippen molar-refractivity contribution in [3.05, 3.63) is 51.4 Å². The van der Waals surface area contributed by atoms with Gasteiger partial charge in [0.2, 0.25) is 0 Å². The van der Waals surface area contributed by atoms with Crippen molar-refractivity contribution in [2.45, 2.75) is 19.4 Å². The Hall–Kier alpha value is -0.900. The molecule has 0 spiro atoms. The van der Waals surface area contributed by atoms with Gasteiger partial charge in [0.1, 0.15) is 5.15 Å². The van der Waals surface area contributed by atoms with Crippen molar-refractivity contribution >= 4 is 52.9 Å². The molecule has 0 amide bonds. The molecule has 0 radical (unpaired) electrons. The van der Waals surface area contributed by atoms with E-state index in [2.05, 4.69) is 59.0 Å². The number of guanidine groups is 1. The first-order valence-corrected chi connectivity index (χ1v) is 9.68. The van der Waals surface area contributed by atoms with Crippen LogP contribution < -0.4 is 10.6 Å². The van der Waals surface area contributed by atoms with Crippen molar-refractivity contribution in [1.82, 2.24) is 20.5 Å². The Labute approximate surface area is 182 Å². The normalized spacial score (nSPS) is 12.6. The summed E-state index contributed by atoms with van der Waals surface area (Å²) in [5, 5.41) is 9.32. The van der Waals surface area contributed by atoms with E-state index in [0.717, 1.165) is 31.0 Å². The van der Waals surface area contributed by atoms with Crippen LogP contribution in [0.15, 0.2) is 40.8 Å². The zero-order valence-corrected chi connectivity index (χ0v) is 19.3. The molecule has 2 aromatic rings. The molecule has 1 atom stereocenters. The first kappa shape index (κ1) is 23.1. The molecular weight excluding hydrogens is 481 g/mol. The summed E-state index contributed by atoms with van der Waals surface area (Å²) < 4.78 is 0. The maximum atomic E-state index is 5.82. The zero-order valence-electron chi connectivity index (χ0n) is 15.4. The minimum Gasteiger partial charge on any atom is -0.357 e. The Morgan fingerprint density at radius 2 is 2.12 bits per heavy atom. The number of nitrogens with zero attached hydrogens (tertiary/aromatic N) is 3. The Bertz CT molecular complexity index is 646. The summed E-state index contributed by atoms with van der Waals surface area (Å²) in [4.78, 5) is 12.4. The average molecular weight is 508 g/mol.